The zero-order valence-corrected chi connectivity index (χ0v) is 12.8. The summed E-state index contributed by atoms with van der Waals surface area (Å²) in [7, 11) is 0. The zero-order valence-electron chi connectivity index (χ0n) is 12.8. The molecule has 0 amide bonds. The Kier molecular flexibility index (Phi) is 6.35. The number of ether oxygens (including phenoxy) is 1. The van der Waals surface area contributed by atoms with Crippen LogP contribution in [0.25, 0.3) is 0 Å². The lowest BCUT2D eigenvalue weighted by atomic mass is 9.83. The van der Waals surface area contributed by atoms with Crippen molar-refractivity contribution in [2.75, 3.05) is 6.61 Å². The highest BCUT2D eigenvalue weighted by molar-refractivity contribution is 5.87. The zero-order chi connectivity index (χ0) is 15.7. The van der Waals surface area contributed by atoms with Crippen molar-refractivity contribution in [1.82, 2.24) is 0 Å². The van der Waals surface area contributed by atoms with Gasteiger partial charge < -0.3 is 4.74 Å². The molecule has 0 heterocycles. The number of rotatable bonds is 5. The van der Waals surface area contributed by atoms with E-state index in [4.69, 9.17) is 4.74 Å². The molecule has 21 heavy (non-hydrogen) atoms. The van der Waals surface area contributed by atoms with E-state index in [0.717, 1.165) is 5.56 Å². The first kappa shape index (κ1) is 16.6. The summed E-state index contributed by atoms with van der Waals surface area (Å²) in [6.07, 6.45) is 6.20. The van der Waals surface area contributed by atoms with Crippen molar-refractivity contribution in [3.8, 4) is 12.2 Å². The van der Waals surface area contributed by atoms with E-state index in [9.17, 15) is 4.79 Å². The molecule has 0 bridgehead atoms. The Balaban J connectivity index is 2.67. The summed E-state index contributed by atoms with van der Waals surface area (Å²) in [5, 5.41) is 0. The summed E-state index contributed by atoms with van der Waals surface area (Å²) in [5.74, 6) is -0.579. The summed E-state index contributed by atoms with van der Waals surface area (Å²) in [4.78, 5) is 20.8. The molecule has 1 rings (SSSR count). The van der Waals surface area contributed by atoms with E-state index in [1.54, 1.807) is 13.8 Å². The molecule has 0 saturated heterocycles. The second-order valence-corrected chi connectivity index (χ2v) is 5.01. The van der Waals surface area contributed by atoms with E-state index in [1.807, 2.05) is 50.3 Å². The van der Waals surface area contributed by atoms with Gasteiger partial charge in [-0.15, -0.1) is 0 Å². The van der Waals surface area contributed by atoms with Crippen LogP contribution in [0.3, 0.4) is 0 Å². The van der Waals surface area contributed by atoms with Crippen LogP contribution in [0.5, 0.6) is 0 Å². The van der Waals surface area contributed by atoms with Crippen LogP contribution in [0.1, 0.15) is 33.3 Å². The van der Waals surface area contributed by atoms with E-state index < -0.39 is 5.97 Å². The van der Waals surface area contributed by atoms with Crippen molar-refractivity contribution in [3.05, 3.63) is 47.5 Å². The molecule has 0 aliphatic heterocycles. The molecule has 0 aliphatic rings. The van der Waals surface area contributed by atoms with E-state index in [1.165, 1.54) is 0 Å². The summed E-state index contributed by atoms with van der Waals surface area (Å²) in [6, 6.07) is 9.91. The number of hydrogen-bond acceptors (Lipinski definition) is 4. The van der Waals surface area contributed by atoms with Crippen LogP contribution in [-0.2, 0) is 24.7 Å². The molecule has 0 aromatic heterocycles. The molecular weight excluding hydrogens is 268 g/mol. The van der Waals surface area contributed by atoms with Crippen molar-refractivity contribution in [2.45, 2.75) is 33.1 Å². The monoisotopic (exact) mass is 288 g/mol. The Labute approximate surface area is 125 Å². The van der Waals surface area contributed by atoms with Crippen LogP contribution in [0.2, 0.25) is 0 Å². The maximum atomic E-state index is 11.8. The number of hydrogen-bond donors (Lipinski definition) is 0. The molecule has 0 aliphatic carbocycles. The molecule has 0 saturated carbocycles. The van der Waals surface area contributed by atoms with Gasteiger partial charge in [-0.3, -0.25) is 0 Å². The van der Waals surface area contributed by atoms with Crippen LogP contribution < -0.4 is 0 Å². The van der Waals surface area contributed by atoms with Crippen LogP contribution in [0.15, 0.2) is 42.0 Å². The smallest absolute Gasteiger partial charge is 0.382 e. The SMILES string of the molecule is CCOC#COOC(=O)/C(C)=C\C(C)(C)c1ccccc1. The highest BCUT2D eigenvalue weighted by Crippen LogP contribution is 2.26. The van der Waals surface area contributed by atoms with E-state index in [2.05, 4.69) is 22.0 Å². The molecular formula is C17H20O4. The largest absolute Gasteiger partial charge is 0.444 e. The van der Waals surface area contributed by atoms with Gasteiger partial charge in [-0.1, -0.05) is 50.3 Å². The standard InChI is InChI=1S/C17H20O4/c1-5-19-11-12-20-21-16(18)14(2)13-17(3,4)15-9-7-6-8-10-15/h6-10,13H,5H2,1-4H3/b14-13-. The molecule has 112 valence electrons. The summed E-state index contributed by atoms with van der Waals surface area (Å²) >= 11 is 0. The van der Waals surface area contributed by atoms with Gasteiger partial charge in [0, 0.05) is 11.0 Å². The fraction of sp³-hybridized carbons (Fsp3) is 0.353. The summed E-state index contributed by atoms with van der Waals surface area (Å²) in [6.45, 7) is 7.95. The molecule has 4 nitrogen and oxygen atoms in total. The van der Waals surface area contributed by atoms with E-state index >= 15 is 0 Å². The predicted octanol–water partition coefficient (Wildman–Crippen LogP) is 3.34. The third-order valence-electron chi connectivity index (χ3n) is 2.83. The van der Waals surface area contributed by atoms with E-state index in [0.29, 0.717) is 12.2 Å². The minimum atomic E-state index is -0.579. The Hall–Kier alpha value is -2.41. The number of carbonyl (C=O) groups excluding carboxylic acids is 1. The van der Waals surface area contributed by atoms with Gasteiger partial charge in [-0.05, 0) is 19.4 Å². The van der Waals surface area contributed by atoms with Crippen molar-refractivity contribution < 1.29 is 19.3 Å². The normalized spacial score (nSPS) is 11.1. The van der Waals surface area contributed by atoms with Crippen molar-refractivity contribution in [3.63, 3.8) is 0 Å². The number of benzene rings is 1. The van der Waals surface area contributed by atoms with Gasteiger partial charge in [0.25, 0.3) is 0 Å². The predicted molar refractivity (Wildman–Crippen MR) is 79.8 cm³/mol. The minimum absolute atomic E-state index is 0.290. The van der Waals surface area contributed by atoms with Gasteiger partial charge in [0.15, 0.2) is 6.11 Å². The van der Waals surface area contributed by atoms with Crippen LogP contribution in [-0.4, -0.2) is 12.6 Å². The first-order chi connectivity index (χ1) is 9.97. The van der Waals surface area contributed by atoms with E-state index in [-0.39, 0.29) is 5.41 Å². The molecule has 0 N–H and O–H groups in total. The van der Waals surface area contributed by atoms with Gasteiger partial charge >= 0.3 is 5.97 Å². The highest BCUT2D eigenvalue weighted by Gasteiger charge is 2.20. The van der Waals surface area contributed by atoms with Crippen molar-refractivity contribution >= 4 is 5.97 Å². The van der Waals surface area contributed by atoms with Gasteiger partial charge in [0.2, 0.25) is 6.11 Å². The second kappa shape index (κ2) is 8.01. The second-order valence-electron chi connectivity index (χ2n) is 5.01. The fourth-order valence-electron chi connectivity index (χ4n) is 1.79. The highest BCUT2D eigenvalue weighted by atomic mass is 17.2. The molecule has 1 aromatic carbocycles. The average molecular weight is 288 g/mol. The van der Waals surface area contributed by atoms with Crippen molar-refractivity contribution in [2.24, 2.45) is 0 Å². The molecule has 0 spiro atoms. The molecule has 0 fully saturated rings. The topological polar surface area (TPSA) is 44.8 Å². The Morgan fingerprint density at radius 2 is 1.90 bits per heavy atom. The first-order valence-electron chi connectivity index (χ1n) is 6.72. The molecule has 0 atom stereocenters. The quantitative estimate of drug-likeness (QED) is 0.361. The third-order valence-corrected chi connectivity index (χ3v) is 2.83. The maximum absolute atomic E-state index is 11.8. The summed E-state index contributed by atoms with van der Waals surface area (Å²) < 4.78 is 4.72. The number of carbonyl (C=O) groups is 1. The molecule has 0 unspecified atom stereocenters. The van der Waals surface area contributed by atoms with Gasteiger partial charge in [-0.25, -0.2) is 14.6 Å². The Bertz CT molecular complexity index is 547. The molecule has 0 radical (unpaired) electrons. The maximum Gasteiger partial charge on any atom is 0.382 e. The van der Waals surface area contributed by atoms with Gasteiger partial charge in [0.1, 0.15) is 0 Å². The average Bonchev–Trinajstić information content (AvgIpc) is 2.47. The Morgan fingerprint density at radius 1 is 1.24 bits per heavy atom. The lowest BCUT2D eigenvalue weighted by Crippen LogP contribution is -2.16. The fourth-order valence-corrected chi connectivity index (χ4v) is 1.79. The van der Waals surface area contributed by atoms with Gasteiger partial charge in [-0.2, -0.15) is 0 Å². The number of allylic oxidation sites excluding steroid dienone is 1. The first-order valence-corrected chi connectivity index (χ1v) is 6.72. The van der Waals surface area contributed by atoms with Gasteiger partial charge in [0.05, 0.1) is 6.61 Å². The third kappa shape index (κ3) is 5.62. The lowest BCUT2D eigenvalue weighted by Gasteiger charge is -2.21. The Morgan fingerprint density at radius 3 is 2.52 bits per heavy atom. The molecule has 4 heteroatoms. The summed E-state index contributed by atoms with van der Waals surface area (Å²) in [5.41, 5.74) is 1.26. The minimum Gasteiger partial charge on any atom is -0.444 e. The van der Waals surface area contributed by atoms with Crippen LogP contribution >= 0.6 is 0 Å². The van der Waals surface area contributed by atoms with Crippen molar-refractivity contribution in [1.29, 1.82) is 0 Å². The molecule has 1 aromatic rings. The lowest BCUT2D eigenvalue weighted by molar-refractivity contribution is -0.226. The van der Waals surface area contributed by atoms with Crippen LogP contribution in [0.4, 0.5) is 0 Å². The van der Waals surface area contributed by atoms with Crippen LogP contribution in [0, 0.1) is 12.2 Å².